The first kappa shape index (κ1) is 17.7. The van der Waals surface area contributed by atoms with Gasteiger partial charge in [0.2, 0.25) is 15.9 Å². The molecule has 2 aliphatic heterocycles. The Balaban J connectivity index is 0.00000200. The van der Waals surface area contributed by atoms with E-state index < -0.39 is 10.0 Å². The van der Waals surface area contributed by atoms with Gasteiger partial charge >= 0.3 is 0 Å². The van der Waals surface area contributed by atoms with Gasteiger partial charge in [-0.15, -0.1) is 12.4 Å². The van der Waals surface area contributed by atoms with Gasteiger partial charge in [-0.25, -0.2) is 8.42 Å². The molecule has 0 bridgehead atoms. The number of amides is 1. The minimum absolute atomic E-state index is 0. The van der Waals surface area contributed by atoms with Crippen LogP contribution in [-0.4, -0.2) is 61.5 Å². The molecular formula is C12H24ClN3O3S. The maximum atomic E-state index is 12.2. The van der Waals surface area contributed by atoms with Gasteiger partial charge in [-0.2, -0.15) is 4.31 Å². The number of nitrogens with zero attached hydrogens (tertiary/aromatic N) is 2. The molecule has 1 atom stereocenters. The highest BCUT2D eigenvalue weighted by molar-refractivity contribution is 7.89. The van der Waals surface area contributed by atoms with Crippen LogP contribution in [0.1, 0.15) is 26.7 Å². The molecule has 118 valence electrons. The SMILES string of the molecule is CC1(C)CN(C(=O)CN2CCCS2(=O)=O)CCC1N.Cl. The molecule has 1 amide bonds. The van der Waals surface area contributed by atoms with Gasteiger partial charge in [-0.3, -0.25) is 4.79 Å². The fourth-order valence-corrected chi connectivity index (χ4v) is 4.17. The van der Waals surface area contributed by atoms with E-state index in [4.69, 9.17) is 5.73 Å². The van der Waals surface area contributed by atoms with Crippen molar-refractivity contribution in [2.24, 2.45) is 11.1 Å². The van der Waals surface area contributed by atoms with Gasteiger partial charge in [0.15, 0.2) is 0 Å². The number of hydrogen-bond donors (Lipinski definition) is 1. The van der Waals surface area contributed by atoms with Crippen molar-refractivity contribution in [3.05, 3.63) is 0 Å². The summed E-state index contributed by atoms with van der Waals surface area (Å²) in [6.45, 7) is 5.75. The molecule has 0 saturated carbocycles. The van der Waals surface area contributed by atoms with Crippen LogP contribution in [0.4, 0.5) is 0 Å². The van der Waals surface area contributed by atoms with E-state index in [0.717, 1.165) is 6.42 Å². The third-order valence-electron chi connectivity index (χ3n) is 4.18. The highest BCUT2D eigenvalue weighted by Crippen LogP contribution is 2.28. The molecule has 2 saturated heterocycles. The van der Waals surface area contributed by atoms with Crippen molar-refractivity contribution in [3.63, 3.8) is 0 Å². The number of carbonyl (C=O) groups excluding carboxylic acids is 1. The van der Waals surface area contributed by atoms with Crippen LogP contribution >= 0.6 is 12.4 Å². The van der Waals surface area contributed by atoms with Gasteiger partial charge in [0.05, 0.1) is 12.3 Å². The van der Waals surface area contributed by atoms with Crippen LogP contribution < -0.4 is 5.73 Å². The van der Waals surface area contributed by atoms with E-state index in [1.165, 1.54) is 4.31 Å². The fourth-order valence-electron chi connectivity index (χ4n) is 2.71. The number of piperidine rings is 1. The molecule has 0 aromatic carbocycles. The highest BCUT2D eigenvalue weighted by atomic mass is 35.5. The number of carbonyl (C=O) groups is 1. The van der Waals surface area contributed by atoms with Crippen molar-refractivity contribution in [2.45, 2.75) is 32.7 Å². The van der Waals surface area contributed by atoms with Crippen molar-refractivity contribution in [2.75, 3.05) is 31.9 Å². The van der Waals surface area contributed by atoms with Gasteiger partial charge in [-0.05, 0) is 18.3 Å². The van der Waals surface area contributed by atoms with Crippen molar-refractivity contribution in [1.29, 1.82) is 0 Å². The second kappa shape index (κ2) is 6.17. The molecule has 8 heteroatoms. The molecule has 2 fully saturated rings. The second-order valence-corrected chi connectivity index (χ2v) is 8.29. The molecule has 0 radical (unpaired) electrons. The summed E-state index contributed by atoms with van der Waals surface area (Å²) in [5, 5.41) is 0. The first-order chi connectivity index (χ1) is 8.72. The first-order valence-corrected chi connectivity index (χ1v) is 8.34. The van der Waals surface area contributed by atoms with Crippen molar-refractivity contribution >= 4 is 28.3 Å². The van der Waals surface area contributed by atoms with E-state index in [2.05, 4.69) is 0 Å². The van der Waals surface area contributed by atoms with Gasteiger partial charge < -0.3 is 10.6 Å². The summed E-state index contributed by atoms with van der Waals surface area (Å²) >= 11 is 0. The summed E-state index contributed by atoms with van der Waals surface area (Å²) in [7, 11) is -3.20. The average molecular weight is 326 g/mol. The Morgan fingerprint density at radius 2 is 2.00 bits per heavy atom. The monoisotopic (exact) mass is 325 g/mol. The first-order valence-electron chi connectivity index (χ1n) is 6.73. The molecular weight excluding hydrogens is 302 g/mol. The molecule has 20 heavy (non-hydrogen) atoms. The van der Waals surface area contributed by atoms with E-state index >= 15 is 0 Å². The van der Waals surface area contributed by atoms with Crippen molar-refractivity contribution < 1.29 is 13.2 Å². The van der Waals surface area contributed by atoms with Gasteiger partial charge in [0.25, 0.3) is 0 Å². The smallest absolute Gasteiger partial charge is 0.237 e. The summed E-state index contributed by atoms with van der Waals surface area (Å²) in [4.78, 5) is 14.0. The Labute approximate surface area is 127 Å². The Bertz CT molecular complexity index is 467. The van der Waals surface area contributed by atoms with Crippen LogP contribution in [0.5, 0.6) is 0 Å². The fraction of sp³-hybridized carbons (Fsp3) is 0.917. The normalized spacial score (nSPS) is 28.9. The zero-order valence-corrected chi connectivity index (χ0v) is 13.7. The van der Waals surface area contributed by atoms with Gasteiger partial charge in [0, 0.05) is 25.7 Å². The van der Waals surface area contributed by atoms with Crippen LogP contribution in [-0.2, 0) is 14.8 Å². The number of rotatable bonds is 2. The van der Waals surface area contributed by atoms with E-state index in [1.54, 1.807) is 4.90 Å². The lowest BCUT2D eigenvalue weighted by Crippen LogP contribution is -2.55. The summed E-state index contributed by atoms with van der Waals surface area (Å²) < 4.78 is 24.7. The molecule has 6 nitrogen and oxygen atoms in total. The Hall–Kier alpha value is -0.370. The third-order valence-corrected chi connectivity index (χ3v) is 6.08. The van der Waals surface area contributed by atoms with Gasteiger partial charge in [0.1, 0.15) is 0 Å². The molecule has 2 aliphatic rings. The van der Waals surface area contributed by atoms with Crippen LogP contribution in [0.2, 0.25) is 0 Å². The van der Waals surface area contributed by atoms with Crippen LogP contribution in [0.15, 0.2) is 0 Å². The molecule has 2 N–H and O–H groups in total. The molecule has 0 aromatic heterocycles. The second-order valence-electron chi connectivity index (χ2n) is 6.20. The zero-order chi connectivity index (χ0) is 14.3. The Morgan fingerprint density at radius 3 is 2.50 bits per heavy atom. The topological polar surface area (TPSA) is 83.7 Å². The number of nitrogens with two attached hydrogens (primary N) is 1. The third kappa shape index (κ3) is 3.63. The zero-order valence-electron chi connectivity index (χ0n) is 12.0. The Morgan fingerprint density at radius 1 is 1.35 bits per heavy atom. The molecule has 1 unspecified atom stereocenters. The lowest BCUT2D eigenvalue weighted by Gasteiger charge is -2.42. The number of sulfonamides is 1. The standard InChI is InChI=1S/C12H23N3O3S.ClH/c1-12(2)9-14(6-4-10(12)13)11(16)8-15-5-3-7-19(15,17)18;/h10H,3-9,13H2,1-2H3;1H. The minimum Gasteiger partial charge on any atom is -0.341 e. The van der Waals surface area contributed by atoms with E-state index in [-0.39, 0.29) is 42.1 Å². The molecule has 0 aromatic rings. The predicted octanol–water partition coefficient (Wildman–Crippen LogP) is 0.0295. The van der Waals surface area contributed by atoms with Gasteiger partial charge in [-0.1, -0.05) is 13.8 Å². The maximum absolute atomic E-state index is 12.2. The van der Waals surface area contributed by atoms with Crippen LogP contribution in [0.25, 0.3) is 0 Å². The molecule has 0 spiro atoms. The summed E-state index contributed by atoms with van der Waals surface area (Å²) in [6, 6.07) is 0.0899. The van der Waals surface area contributed by atoms with E-state index in [1.807, 2.05) is 13.8 Å². The number of halogens is 1. The maximum Gasteiger partial charge on any atom is 0.237 e. The lowest BCUT2D eigenvalue weighted by atomic mass is 9.79. The predicted molar refractivity (Wildman–Crippen MR) is 80.2 cm³/mol. The van der Waals surface area contributed by atoms with E-state index in [9.17, 15) is 13.2 Å². The molecule has 0 aliphatic carbocycles. The quantitative estimate of drug-likeness (QED) is 0.776. The van der Waals surface area contributed by atoms with Crippen molar-refractivity contribution in [3.8, 4) is 0 Å². The lowest BCUT2D eigenvalue weighted by molar-refractivity contribution is -0.134. The highest BCUT2D eigenvalue weighted by Gasteiger charge is 2.37. The van der Waals surface area contributed by atoms with Crippen LogP contribution in [0, 0.1) is 5.41 Å². The molecule has 2 heterocycles. The number of likely N-dealkylation sites (tertiary alicyclic amines) is 1. The number of hydrogen-bond acceptors (Lipinski definition) is 4. The summed E-state index contributed by atoms with van der Waals surface area (Å²) in [5.74, 6) is 0.0573. The van der Waals surface area contributed by atoms with E-state index in [0.29, 0.717) is 26.1 Å². The minimum atomic E-state index is -3.20. The Kier molecular flexibility index (Phi) is 5.46. The average Bonchev–Trinajstić information content (AvgIpc) is 2.62. The van der Waals surface area contributed by atoms with Crippen LogP contribution in [0.3, 0.4) is 0 Å². The summed E-state index contributed by atoms with van der Waals surface area (Å²) in [5.41, 5.74) is 5.92. The molecule has 2 rings (SSSR count). The summed E-state index contributed by atoms with van der Waals surface area (Å²) in [6.07, 6.45) is 1.39. The largest absolute Gasteiger partial charge is 0.341 e. The van der Waals surface area contributed by atoms with Crippen molar-refractivity contribution in [1.82, 2.24) is 9.21 Å².